The van der Waals surface area contributed by atoms with Crippen LogP contribution in [0.25, 0.3) is 0 Å². The van der Waals surface area contributed by atoms with Gasteiger partial charge >= 0.3 is 0 Å². The first-order valence-electron chi connectivity index (χ1n) is 5.55. The minimum absolute atomic E-state index is 0.291. The molecular formula is C14H14BrNO2. The first-order chi connectivity index (χ1) is 8.70. The molecule has 0 aliphatic rings. The molecule has 0 saturated heterocycles. The molecule has 2 rings (SSSR count). The van der Waals surface area contributed by atoms with Crippen LogP contribution in [-0.2, 0) is 6.54 Å². The average Bonchev–Trinajstić information content (AvgIpc) is 2.38. The lowest BCUT2D eigenvalue weighted by atomic mass is 10.2. The number of rotatable bonds is 4. The number of halogens is 1. The van der Waals surface area contributed by atoms with Crippen LogP contribution < -0.4 is 10.1 Å². The SMILES string of the molecule is COc1ccc(Br)cc1NCc1ccccc1O. The molecule has 0 radical (unpaired) electrons. The van der Waals surface area contributed by atoms with Crippen molar-refractivity contribution >= 4 is 21.6 Å². The number of hydrogen-bond acceptors (Lipinski definition) is 3. The number of benzene rings is 2. The molecule has 2 aromatic rings. The number of phenols is 1. The highest BCUT2D eigenvalue weighted by atomic mass is 79.9. The van der Waals surface area contributed by atoms with Crippen LogP contribution in [0.4, 0.5) is 5.69 Å². The summed E-state index contributed by atoms with van der Waals surface area (Å²) in [5.41, 5.74) is 1.73. The zero-order valence-electron chi connectivity index (χ0n) is 9.98. The fourth-order valence-corrected chi connectivity index (χ4v) is 2.03. The molecule has 0 amide bonds. The summed E-state index contributed by atoms with van der Waals surface area (Å²) < 4.78 is 6.25. The van der Waals surface area contributed by atoms with E-state index >= 15 is 0 Å². The molecule has 18 heavy (non-hydrogen) atoms. The fraction of sp³-hybridized carbons (Fsp3) is 0.143. The molecule has 0 aromatic heterocycles. The van der Waals surface area contributed by atoms with Gasteiger partial charge in [-0.25, -0.2) is 0 Å². The van der Waals surface area contributed by atoms with E-state index < -0.39 is 0 Å². The van der Waals surface area contributed by atoms with E-state index in [1.807, 2.05) is 30.3 Å². The molecule has 0 unspecified atom stereocenters. The number of methoxy groups -OCH3 is 1. The Hall–Kier alpha value is -1.68. The van der Waals surface area contributed by atoms with Gasteiger partial charge in [0.15, 0.2) is 0 Å². The van der Waals surface area contributed by atoms with Crippen LogP contribution in [0, 0.1) is 0 Å². The fourth-order valence-electron chi connectivity index (χ4n) is 1.67. The number of anilines is 1. The highest BCUT2D eigenvalue weighted by Gasteiger charge is 2.05. The Balaban J connectivity index is 2.15. The quantitative estimate of drug-likeness (QED) is 0.903. The standard InChI is InChI=1S/C14H14BrNO2/c1-18-14-7-6-11(15)8-12(14)16-9-10-4-2-3-5-13(10)17/h2-8,16-17H,9H2,1H3. The Bertz CT molecular complexity index is 543. The Kier molecular flexibility index (Phi) is 4.10. The third-order valence-electron chi connectivity index (χ3n) is 2.62. The predicted octanol–water partition coefficient (Wildman–Crippen LogP) is 3.78. The van der Waals surface area contributed by atoms with Gasteiger partial charge in [-0.15, -0.1) is 0 Å². The topological polar surface area (TPSA) is 41.5 Å². The van der Waals surface area contributed by atoms with Crippen LogP contribution in [0.1, 0.15) is 5.56 Å². The second-order valence-electron chi connectivity index (χ2n) is 3.83. The summed E-state index contributed by atoms with van der Waals surface area (Å²) in [6.45, 7) is 0.541. The van der Waals surface area contributed by atoms with Gasteiger partial charge in [0.05, 0.1) is 12.8 Å². The van der Waals surface area contributed by atoms with Gasteiger partial charge in [0, 0.05) is 16.6 Å². The normalized spacial score (nSPS) is 10.1. The van der Waals surface area contributed by atoms with Crippen LogP contribution in [0.3, 0.4) is 0 Å². The lowest BCUT2D eigenvalue weighted by Gasteiger charge is -2.12. The lowest BCUT2D eigenvalue weighted by Crippen LogP contribution is -2.01. The molecule has 0 heterocycles. The maximum absolute atomic E-state index is 9.69. The number of nitrogens with one attached hydrogen (secondary N) is 1. The average molecular weight is 308 g/mol. The third kappa shape index (κ3) is 2.96. The summed E-state index contributed by atoms with van der Waals surface area (Å²) in [5, 5.41) is 12.9. The molecule has 2 aromatic carbocycles. The van der Waals surface area contributed by atoms with E-state index in [4.69, 9.17) is 4.74 Å². The van der Waals surface area contributed by atoms with Gasteiger partial charge in [0.2, 0.25) is 0 Å². The number of para-hydroxylation sites is 1. The molecule has 2 N–H and O–H groups in total. The molecular weight excluding hydrogens is 294 g/mol. The lowest BCUT2D eigenvalue weighted by molar-refractivity contribution is 0.416. The highest BCUT2D eigenvalue weighted by Crippen LogP contribution is 2.29. The van der Waals surface area contributed by atoms with Crippen molar-refractivity contribution in [1.29, 1.82) is 0 Å². The minimum Gasteiger partial charge on any atom is -0.508 e. The largest absolute Gasteiger partial charge is 0.508 e. The highest BCUT2D eigenvalue weighted by molar-refractivity contribution is 9.10. The van der Waals surface area contributed by atoms with Crippen molar-refractivity contribution in [3.05, 3.63) is 52.5 Å². The van der Waals surface area contributed by atoms with E-state index in [0.717, 1.165) is 21.5 Å². The van der Waals surface area contributed by atoms with Crippen LogP contribution in [-0.4, -0.2) is 12.2 Å². The summed E-state index contributed by atoms with van der Waals surface area (Å²) in [6, 6.07) is 13.0. The number of ether oxygens (including phenoxy) is 1. The number of phenolic OH excluding ortho intramolecular Hbond substituents is 1. The Morgan fingerprint density at radius 2 is 2.00 bits per heavy atom. The van der Waals surface area contributed by atoms with Gasteiger partial charge in [-0.05, 0) is 24.3 Å². The van der Waals surface area contributed by atoms with E-state index in [2.05, 4.69) is 21.2 Å². The summed E-state index contributed by atoms with van der Waals surface area (Å²) in [6.07, 6.45) is 0. The van der Waals surface area contributed by atoms with E-state index in [9.17, 15) is 5.11 Å². The molecule has 0 aliphatic carbocycles. The molecule has 4 heteroatoms. The van der Waals surface area contributed by atoms with Crippen molar-refractivity contribution in [1.82, 2.24) is 0 Å². The van der Waals surface area contributed by atoms with Crippen molar-refractivity contribution in [3.63, 3.8) is 0 Å². The van der Waals surface area contributed by atoms with Gasteiger partial charge in [-0.3, -0.25) is 0 Å². The summed E-state index contributed by atoms with van der Waals surface area (Å²) in [4.78, 5) is 0. The van der Waals surface area contributed by atoms with E-state index in [-0.39, 0.29) is 0 Å². The van der Waals surface area contributed by atoms with Gasteiger partial charge in [0.25, 0.3) is 0 Å². The molecule has 0 spiro atoms. The molecule has 0 aliphatic heterocycles. The maximum Gasteiger partial charge on any atom is 0.142 e. The summed E-state index contributed by atoms with van der Waals surface area (Å²) in [5.74, 6) is 1.06. The smallest absolute Gasteiger partial charge is 0.142 e. The van der Waals surface area contributed by atoms with Crippen molar-refractivity contribution in [2.75, 3.05) is 12.4 Å². The second-order valence-corrected chi connectivity index (χ2v) is 4.74. The Labute approximate surface area is 115 Å². The number of aromatic hydroxyl groups is 1. The van der Waals surface area contributed by atoms with Gasteiger partial charge in [-0.1, -0.05) is 34.1 Å². The minimum atomic E-state index is 0.291. The van der Waals surface area contributed by atoms with Crippen LogP contribution >= 0.6 is 15.9 Å². The molecule has 94 valence electrons. The van der Waals surface area contributed by atoms with Gasteiger partial charge < -0.3 is 15.2 Å². The summed E-state index contributed by atoms with van der Waals surface area (Å²) in [7, 11) is 1.63. The van der Waals surface area contributed by atoms with E-state index in [1.165, 1.54) is 0 Å². The van der Waals surface area contributed by atoms with Crippen molar-refractivity contribution in [2.24, 2.45) is 0 Å². The maximum atomic E-state index is 9.69. The molecule has 0 fully saturated rings. The molecule has 3 nitrogen and oxygen atoms in total. The molecule has 0 saturated carbocycles. The van der Waals surface area contributed by atoms with Crippen LogP contribution in [0.5, 0.6) is 11.5 Å². The van der Waals surface area contributed by atoms with Gasteiger partial charge in [-0.2, -0.15) is 0 Å². The monoisotopic (exact) mass is 307 g/mol. The third-order valence-corrected chi connectivity index (χ3v) is 3.12. The first-order valence-corrected chi connectivity index (χ1v) is 6.34. The predicted molar refractivity (Wildman–Crippen MR) is 76.1 cm³/mol. The Morgan fingerprint density at radius 1 is 1.22 bits per heavy atom. The summed E-state index contributed by atoms with van der Waals surface area (Å²) >= 11 is 3.42. The Morgan fingerprint density at radius 3 is 2.72 bits per heavy atom. The first kappa shape index (κ1) is 12.8. The zero-order chi connectivity index (χ0) is 13.0. The van der Waals surface area contributed by atoms with E-state index in [1.54, 1.807) is 19.2 Å². The van der Waals surface area contributed by atoms with Crippen molar-refractivity contribution < 1.29 is 9.84 Å². The van der Waals surface area contributed by atoms with Crippen LogP contribution in [0.2, 0.25) is 0 Å². The number of hydrogen-bond donors (Lipinski definition) is 2. The molecule has 0 atom stereocenters. The second kappa shape index (κ2) is 5.78. The zero-order valence-corrected chi connectivity index (χ0v) is 11.6. The molecule has 0 bridgehead atoms. The van der Waals surface area contributed by atoms with Crippen molar-refractivity contribution in [3.8, 4) is 11.5 Å². The van der Waals surface area contributed by atoms with E-state index in [0.29, 0.717) is 12.3 Å². The van der Waals surface area contributed by atoms with Crippen LogP contribution in [0.15, 0.2) is 46.9 Å². The van der Waals surface area contributed by atoms with Crippen molar-refractivity contribution in [2.45, 2.75) is 6.54 Å². The van der Waals surface area contributed by atoms with Gasteiger partial charge in [0.1, 0.15) is 11.5 Å².